The Morgan fingerprint density at radius 3 is 2.57 bits per heavy atom. The van der Waals surface area contributed by atoms with Crippen molar-refractivity contribution >= 4 is 23.2 Å². The fourth-order valence-corrected chi connectivity index (χ4v) is 1.55. The third-order valence-electron chi connectivity index (χ3n) is 1.99. The summed E-state index contributed by atoms with van der Waals surface area (Å²) in [6.45, 7) is 0. The highest BCUT2D eigenvalue weighted by Gasteiger charge is 1.99. The number of hydrogen-bond acceptors (Lipinski definition) is 1. The first-order valence-corrected chi connectivity index (χ1v) is 5.30. The zero-order valence-corrected chi connectivity index (χ0v) is 9.28. The molecule has 1 nitrogen and oxygen atoms in total. The summed E-state index contributed by atoms with van der Waals surface area (Å²) in [4.78, 5) is 0. The molecule has 3 heteroatoms. The molecule has 1 rings (SSSR count). The Balaban J connectivity index is 2.44. The first-order chi connectivity index (χ1) is 6.74. The molecule has 0 fully saturated rings. The van der Waals surface area contributed by atoms with Crippen LogP contribution in [0, 0.1) is 11.3 Å². The van der Waals surface area contributed by atoms with Gasteiger partial charge in [0.1, 0.15) is 0 Å². The summed E-state index contributed by atoms with van der Waals surface area (Å²) >= 11 is 11.7. The van der Waals surface area contributed by atoms with E-state index in [0.29, 0.717) is 16.5 Å². The summed E-state index contributed by atoms with van der Waals surface area (Å²) in [7, 11) is 0. The second kappa shape index (κ2) is 5.90. The second-order valence-electron chi connectivity index (χ2n) is 3.11. The molecular weight excluding hydrogens is 217 g/mol. The number of rotatable bonds is 4. The highest BCUT2D eigenvalue weighted by Crippen LogP contribution is 2.23. The van der Waals surface area contributed by atoms with E-state index in [1.807, 2.05) is 18.2 Å². The average Bonchev–Trinajstić information content (AvgIpc) is 2.18. The molecule has 0 spiro atoms. The van der Waals surface area contributed by atoms with Crippen molar-refractivity contribution in [1.29, 1.82) is 5.26 Å². The molecule has 0 bridgehead atoms. The zero-order valence-electron chi connectivity index (χ0n) is 7.76. The Morgan fingerprint density at radius 1 is 1.14 bits per heavy atom. The molecule has 0 N–H and O–H groups in total. The molecule has 0 heterocycles. The molecule has 14 heavy (non-hydrogen) atoms. The van der Waals surface area contributed by atoms with Crippen molar-refractivity contribution in [3.63, 3.8) is 0 Å². The van der Waals surface area contributed by atoms with Gasteiger partial charge in [0.25, 0.3) is 0 Å². The van der Waals surface area contributed by atoms with Crippen LogP contribution in [0.4, 0.5) is 0 Å². The molecule has 0 aliphatic carbocycles. The van der Waals surface area contributed by atoms with Crippen molar-refractivity contribution in [3.05, 3.63) is 33.8 Å². The van der Waals surface area contributed by atoms with Gasteiger partial charge in [0.2, 0.25) is 0 Å². The van der Waals surface area contributed by atoms with Gasteiger partial charge in [0.05, 0.1) is 16.1 Å². The molecule has 74 valence electrons. The maximum absolute atomic E-state index is 8.36. The Labute approximate surface area is 94.3 Å². The summed E-state index contributed by atoms with van der Waals surface area (Å²) < 4.78 is 0. The lowest BCUT2D eigenvalue weighted by Gasteiger charge is -2.01. The van der Waals surface area contributed by atoms with E-state index in [-0.39, 0.29) is 0 Å². The molecule has 1 aromatic rings. The van der Waals surface area contributed by atoms with E-state index < -0.39 is 0 Å². The van der Waals surface area contributed by atoms with Crippen LogP contribution in [0.2, 0.25) is 10.0 Å². The van der Waals surface area contributed by atoms with Crippen LogP contribution >= 0.6 is 23.2 Å². The molecule has 0 aromatic heterocycles. The van der Waals surface area contributed by atoms with Gasteiger partial charge in [-0.15, -0.1) is 0 Å². The molecule has 0 amide bonds. The van der Waals surface area contributed by atoms with Crippen LogP contribution in [0.1, 0.15) is 24.8 Å². The summed E-state index contributed by atoms with van der Waals surface area (Å²) in [6, 6.07) is 7.79. The number of nitrogens with zero attached hydrogens (tertiary/aromatic N) is 1. The fourth-order valence-electron chi connectivity index (χ4n) is 1.23. The maximum Gasteiger partial charge on any atom is 0.0621 e. The van der Waals surface area contributed by atoms with Gasteiger partial charge < -0.3 is 0 Å². The molecule has 0 saturated carbocycles. The van der Waals surface area contributed by atoms with Crippen molar-refractivity contribution in [2.45, 2.75) is 25.7 Å². The van der Waals surface area contributed by atoms with Gasteiger partial charge in [0, 0.05) is 6.42 Å². The predicted octanol–water partition coefficient (Wildman–Crippen LogP) is 4.23. The van der Waals surface area contributed by atoms with E-state index in [0.717, 1.165) is 19.3 Å². The summed E-state index contributed by atoms with van der Waals surface area (Å²) in [6.07, 6.45) is 3.54. The number of aryl methyl sites for hydroxylation is 1. The number of unbranched alkanes of at least 4 members (excludes halogenated alkanes) is 2. The van der Waals surface area contributed by atoms with Crippen LogP contribution in [-0.2, 0) is 6.42 Å². The Morgan fingerprint density at radius 2 is 1.93 bits per heavy atom. The third kappa shape index (κ3) is 3.57. The predicted molar refractivity (Wildman–Crippen MR) is 59.6 cm³/mol. The van der Waals surface area contributed by atoms with Crippen LogP contribution < -0.4 is 0 Å². The third-order valence-corrected chi connectivity index (χ3v) is 2.73. The van der Waals surface area contributed by atoms with Crippen LogP contribution in [0.15, 0.2) is 18.2 Å². The highest BCUT2D eigenvalue weighted by molar-refractivity contribution is 6.42. The Kier molecular flexibility index (Phi) is 4.79. The molecule has 0 saturated heterocycles. The van der Waals surface area contributed by atoms with Gasteiger partial charge >= 0.3 is 0 Å². The number of nitriles is 1. The first-order valence-electron chi connectivity index (χ1n) is 4.55. The van der Waals surface area contributed by atoms with Crippen molar-refractivity contribution in [2.24, 2.45) is 0 Å². The Bertz CT molecular complexity index is 342. The molecule has 0 aliphatic rings. The molecule has 0 aliphatic heterocycles. The lowest BCUT2D eigenvalue weighted by atomic mass is 10.1. The van der Waals surface area contributed by atoms with Crippen molar-refractivity contribution in [3.8, 4) is 6.07 Å². The normalized spacial score (nSPS) is 9.79. The summed E-state index contributed by atoms with van der Waals surface area (Å²) in [5.41, 5.74) is 1.18. The lowest BCUT2D eigenvalue weighted by Crippen LogP contribution is -1.85. The summed E-state index contributed by atoms with van der Waals surface area (Å²) in [5, 5.41) is 9.55. The Hall–Kier alpha value is -0.710. The number of halogens is 2. The van der Waals surface area contributed by atoms with E-state index in [9.17, 15) is 0 Å². The van der Waals surface area contributed by atoms with Crippen molar-refractivity contribution < 1.29 is 0 Å². The highest BCUT2D eigenvalue weighted by atomic mass is 35.5. The van der Waals surface area contributed by atoms with Gasteiger partial charge in [-0.3, -0.25) is 0 Å². The van der Waals surface area contributed by atoms with E-state index in [2.05, 4.69) is 6.07 Å². The molecule has 0 radical (unpaired) electrons. The number of benzene rings is 1. The van der Waals surface area contributed by atoms with Crippen LogP contribution in [0.3, 0.4) is 0 Å². The maximum atomic E-state index is 8.36. The first kappa shape index (κ1) is 11.4. The van der Waals surface area contributed by atoms with Gasteiger partial charge in [-0.1, -0.05) is 29.3 Å². The van der Waals surface area contributed by atoms with Gasteiger partial charge in [-0.05, 0) is 37.0 Å². The number of hydrogen-bond donors (Lipinski definition) is 0. The van der Waals surface area contributed by atoms with Gasteiger partial charge in [-0.25, -0.2) is 0 Å². The minimum atomic E-state index is 0.590. The van der Waals surface area contributed by atoms with E-state index in [1.165, 1.54) is 5.56 Å². The van der Waals surface area contributed by atoms with E-state index >= 15 is 0 Å². The quantitative estimate of drug-likeness (QED) is 0.707. The van der Waals surface area contributed by atoms with Crippen LogP contribution in [-0.4, -0.2) is 0 Å². The average molecular weight is 228 g/mol. The van der Waals surface area contributed by atoms with E-state index in [1.54, 1.807) is 0 Å². The topological polar surface area (TPSA) is 23.8 Å². The monoisotopic (exact) mass is 227 g/mol. The second-order valence-corrected chi connectivity index (χ2v) is 3.93. The van der Waals surface area contributed by atoms with Crippen molar-refractivity contribution in [2.75, 3.05) is 0 Å². The SMILES string of the molecule is N#CCCCCc1ccc(Cl)c(Cl)c1. The van der Waals surface area contributed by atoms with E-state index in [4.69, 9.17) is 28.5 Å². The fraction of sp³-hybridized carbons (Fsp3) is 0.364. The zero-order chi connectivity index (χ0) is 10.4. The largest absolute Gasteiger partial charge is 0.198 e. The van der Waals surface area contributed by atoms with Crippen LogP contribution in [0.25, 0.3) is 0 Å². The van der Waals surface area contributed by atoms with Crippen LogP contribution in [0.5, 0.6) is 0 Å². The van der Waals surface area contributed by atoms with Gasteiger partial charge in [0.15, 0.2) is 0 Å². The smallest absolute Gasteiger partial charge is 0.0621 e. The molecular formula is C11H11Cl2N. The van der Waals surface area contributed by atoms with Crippen molar-refractivity contribution in [1.82, 2.24) is 0 Å². The standard InChI is InChI=1S/C11H11Cl2N/c12-10-6-5-9(8-11(10)13)4-2-1-3-7-14/h5-6,8H,1-4H2. The minimum Gasteiger partial charge on any atom is -0.198 e. The minimum absolute atomic E-state index is 0.590. The lowest BCUT2D eigenvalue weighted by molar-refractivity contribution is 0.753. The molecule has 0 atom stereocenters. The molecule has 1 aromatic carbocycles. The van der Waals surface area contributed by atoms with Gasteiger partial charge in [-0.2, -0.15) is 5.26 Å². The molecule has 0 unspecified atom stereocenters. The summed E-state index contributed by atoms with van der Waals surface area (Å²) in [5.74, 6) is 0.